The molecule has 3 heteroatoms. The summed E-state index contributed by atoms with van der Waals surface area (Å²) in [7, 11) is 2.14. The number of halogens is 1. The maximum Gasteiger partial charge on any atom is 0.123 e. The third-order valence-corrected chi connectivity index (χ3v) is 3.49. The van der Waals surface area contributed by atoms with Crippen molar-refractivity contribution in [2.75, 3.05) is 20.1 Å². The molecular formula is C14H21FN2. The first-order valence-corrected chi connectivity index (χ1v) is 6.39. The van der Waals surface area contributed by atoms with E-state index in [9.17, 15) is 4.39 Å². The molecule has 0 aromatic heterocycles. The van der Waals surface area contributed by atoms with Gasteiger partial charge in [0.2, 0.25) is 0 Å². The molecule has 1 fully saturated rings. The zero-order valence-electron chi connectivity index (χ0n) is 10.6. The van der Waals surface area contributed by atoms with Crippen LogP contribution in [0.15, 0.2) is 24.3 Å². The molecule has 94 valence electrons. The van der Waals surface area contributed by atoms with Crippen LogP contribution < -0.4 is 5.32 Å². The van der Waals surface area contributed by atoms with Crippen LogP contribution in [0.5, 0.6) is 0 Å². The maximum atomic E-state index is 13.2. The molecule has 0 radical (unpaired) electrons. The minimum atomic E-state index is -0.147. The molecule has 1 aromatic carbocycles. The molecule has 0 spiro atoms. The van der Waals surface area contributed by atoms with Gasteiger partial charge in [0.1, 0.15) is 5.82 Å². The van der Waals surface area contributed by atoms with E-state index in [0.717, 1.165) is 25.1 Å². The summed E-state index contributed by atoms with van der Waals surface area (Å²) in [5.41, 5.74) is 1.06. The van der Waals surface area contributed by atoms with Crippen molar-refractivity contribution in [2.45, 2.75) is 31.8 Å². The molecule has 2 rings (SSSR count). The van der Waals surface area contributed by atoms with Crippen LogP contribution in [-0.2, 0) is 0 Å². The minimum Gasteiger partial charge on any atom is -0.306 e. The Kier molecular flexibility index (Phi) is 4.13. The van der Waals surface area contributed by atoms with Crippen molar-refractivity contribution in [1.82, 2.24) is 10.2 Å². The predicted octanol–water partition coefficient (Wildman–Crippen LogP) is 2.57. The van der Waals surface area contributed by atoms with Gasteiger partial charge in [-0.1, -0.05) is 19.1 Å². The Hall–Kier alpha value is -0.930. The minimum absolute atomic E-state index is 0.147. The highest BCUT2D eigenvalue weighted by atomic mass is 19.1. The normalized spacial score (nSPS) is 22.9. The van der Waals surface area contributed by atoms with Crippen LogP contribution in [0.25, 0.3) is 0 Å². The Labute approximate surface area is 103 Å². The molecule has 1 N–H and O–H groups in total. The van der Waals surface area contributed by atoms with Crippen molar-refractivity contribution < 1.29 is 4.39 Å². The summed E-state index contributed by atoms with van der Waals surface area (Å²) >= 11 is 0. The molecule has 1 aromatic rings. The second kappa shape index (κ2) is 5.61. The molecule has 2 nitrogen and oxygen atoms in total. The zero-order chi connectivity index (χ0) is 12.3. The lowest BCUT2D eigenvalue weighted by molar-refractivity contribution is 0.378. The molecule has 1 aliphatic heterocycles. The van der Waals surface area contributed by atoms with Gasteiger partial charge in [-0.05, 0) is 44.1 Å². The number of benzene rings is 1. The summed E-state index contributed by atoms with van der Waals surface area (Å²) in [6.07, 6.45) is 2.17. The van der Waals surface area contributed by atoms with Crippen molar-refractivity contribution in [3.05, 3.63) is 35.6 Å². The number of hydrogen-bond acceptors (Lipinski definition) is 2. The molecule has 0 amide bonds. The molecule has 0 aliphatic carbocycles. The fraction of sp³-hybridized carbons (Fsp3) is 0.571. The van der Waals surface area contributed by atoms with Crippen LogP contribution in [0, 0.1) is 5.82 Å². The highest BCUT2D eigenvalue weighted by Crippen LogP contribution is 2.20. The van der Waals surface area contributed by atoms with Crippen LogP contribution >= 0.6 is 0 Å². The molecule has 1 heterocycles. The van der Waals surface area contributed by atoms with Crippen molar-refractivity contribution in [1.29, 1.82) is 0 Å². The Morgan fingerprint density at radius 2 is 2.35 bits per heavy atom. The van der Waals surface area contributed by atoms with Crippen LogP contribution in [0.4, 0.5) is 4.39 Å². The smallest absolute Gasteiger partial charge is 0.123 e. The van der Waals surface area contributed by atoms with Crippen LogP contribution in [0.2, 0.25) is 0 Å². The van der Waals surface area contributed by atoms with E-state index in [1.165, 1.54) is 12.5 Å². The lowest BCUT2D eigenvalue weighted by Crippen LogP contribution is -2.34. The molecule has 0 saturated carbocycles. The average Bonchev–Trinajstić information content (AvgIpc) is 2.72. The number of likely N-dealkylation sites (N-methyl/N-ethyl adjacent to an activating group) is 1. The Morgan fingerprint density at radius 1 is 1.53 bits per heavy atom. The Balaban J connectivity index is 2.01. The summed E-state index contributed by atoms with van der Waals surface area (Å²) in [5.74, 6) is -0.147. The summed E-state index contributed by atoms with van der Waals surface area (Å²) in [6, 6.07) is 7.73. The second-order valence-electron chi connectivity index (χ2n) is 4.93. The van der Waals surface area contributed by atoms with Crippen LogP contribution in [-0.4, -0.2) is 31.1 Å². The van der Waals surface area contributed by atoms with Gasteiger partial charge in [0, 0.05) is 18.6 Å². The predicted molar refractivity (Wildman–Crippen MR) is 68.5 cm³/mol. The molecule has 2 unspecified atom stereocenters. The van der Waals surface area contributed by atoms with E-state index in [0.29, 0.717) is 6.04 Å². The van der Waals surface area contributed by atoms with E-state index in [4.69, 9.17) is 0 Å². The summed E-state index contributed by atoms with van der Waals surface area (Å²) in [4.78, 5) is 2.33. The van der Waals surface area contributed by atoms with Gasteiger partial charge >= 0.3 is 0 Å². The van der Waals surface area contributed by atoms with E-state index in [-0.39, 0.29) is 11.9 Å². The van der Waals surface area contributed by atoms with Gasteiger partial charge in [-0.25, -0.2) is 4.39 Å². The number of rotatable bonds is 4. The quantitative estimate of drug-likeness (QED) is 0.864. The van der Waals surface area contributed by atoms with Crippen LogP contribution in [0.3, 0.4) is 0 Å². The molecule has 0 bridgehead atoms. The molecule has 2 atom stereocenters. The van der Waals surface area contributed by atoms with Crippen LogP contribution in [0.1, 0.15) is 31.4 Å². The standard InChI is InChI=1S/C14H21FN2/c1-3-14(11-5-4-6-12(15)9-11)16-13-7-8-17(2)10-13/h4-6,9,13-14,16H,3,7-8,10H2,1-2H3. The Bertz CT molecular complexity index is 367. The van der Waals surface area contributed by atoms with Gasteiger partial charge in [-0.15, -0.1) is 0 Å². The van der Waals surface area contributed by atoms with Gasteiger partial charge in [0.05, 0.1) is 0 Å². The molecule has 1 aliphatic rings. The van der Waals surface area contributed by atoms with E-state index in [1.807, 2.05) is 6.07 Å². The average molecular weight is 236 g/mol. The highest BCUT2D eigenvalue weighted by molar-refractivity contribution is 5.20. The largest absolute Gasteiger partial charge is 0.306 e. The number of likely N-dealkylation sites (tertiary alicyclic amines) is 1. The monoisotopic (exact) mass is 236 g/mol. The fourth-order valence-electron chi connectivity index (χ4n) is 2.53. The van der Waals surface area contributed by atoms with Gasteiger partial charge in [0.15, 0.2) is 0 Å². The van der Waals surface area contributed by atoms with Crippen molar-refractivity contribution in [3.63, 3.8) is 0 Å². The van der Waals surface area contributed by atoms with Crippen molar-refractivity contribution in [3.8, 4) is 0 Å². The van der Waals surface area contributed by atoms with E-state index < -0.39 is 0 Å². The second-order valence-corrected chi connectivity index (χ2v) is 4.93. The van der Waals surface area contributed by atoms with E-state index in [1.54, 1.807) is 12.1 Å². The first-order valence-electron chi connectivity index (χ1n) is 6.39. The van der Waals surface area contributed by atoms with Crippen molar-refractivity contribution in [2.24, 2.45) is 0 Å². The molecule has 1 saturated heterocycles. The fourth-order valence-corrected chi connectivity index (χ4v) is 2.53. The highest BCUT2D eigenvalue weighted by Gasteiger charge is 2.22. The van der Waals surface area contributed by atoms with Gasteiger partial charge in [-0.2, -0.15) is 0 Å². The molecule has 17 heavy (non-hydrogen) atoms. The lowest BCUT2D eigenvalue weighted by Gasteiger charge is -2.22. The van der Waals surface area contributed by atoms with Crippen molar-refractivity contribution >= 4 is 0 Å². The third-order valence-electron chi connectivity index (χ3n) is 3.49. The number of nitrogens with one attached hydrogen (secondary N) is 1. The lowest BCUT2D eigenvalue weighted by atomic mass is 10.0. The SMILES string of the molecule is CCC(NC1CCN(C)C1)c1cccc(F)c1. The number of nitrogens with zero attached hydrogens (tertiary/aromatic N) is 1. The van der Waals surface area contributed by atoms with Gasteiger partial charge in [0.25, 0.3) is 0 Å². The first kappa shape index (κ1) is 12.5. The summed E-state index contributed by atoms with van der Waals surface area (Å²) in [5, 5.41) is 3.63. The van der Waals surface area contributed by atoms with E-state index in [2.05, 4.69) is 24.2 Å². The maximum absolute atomic E-state index is 13.2. The third kappa shape index (κ3) is 3.27. The van der Waals surface area contributed by atoms with Gasteiger partial charge < -0.3 is 10.2 Å². The first-order chi connectivity index (χ1) is 8.19. The Morgan fingerprint density at radius 3 is 2.94 bits per heavy atom. The number of hydrogen-bond donors (Lipinski definition) is 1. The zero-order valence-corrected chi connectivity index (χ0v) is 10.6. The van der Waals surface area contributed by atoms with Gasteiger partial charge in [-0.3, -0.25) is 0 Å². The topological polar surface area (TPSA) is 15.3 Å². The molecular weight excluding hydrogens is 215 g/mol. The van der Waals surface area contributed by atoms with E-state index >= 15 is 0 Å². The summed E-state index contributed by atoms with van der Waals surface area (Å²) in [6.45, 7) is 4.38. The summed E-state index contributed by atoms with van der Waals surface area (Å²) < 4.78 is 13.2.